The van der Waals surface area contributed by atoms with E-state index in [1.807, 2.05) is 0 Å². The van der Waals surface area contributed by atoms with E-state index in [1.54, 1.807) is 18.2 Å². The quantitative estimate of drug-likeness (QED) is 0.835. The van der Waals surface area contributed by atoms with Crippen LogP contribution in [0.15, 0.2) is 29.1 Å². The van der Waals surface area contributed by atoms with Gasteiger partial charge in [-0.15, -0.1) is 0 Å². The maximum absolute atomic E-state index is 12.0. The van der Waals surface area contributed by atoms with Gasteiger partial charge in [-0.2, -0.15) is 13.2 Å². The number of hydrogen-bond acceptors (Lipinski definition) is 2. The predicted molar refractivity (Wildman–Crippen MR) is 75.0 cm³/mol. The van der Waals surface area contributed by atoms with Crippen molar-refractivity contribution in [3.8, 4) is 5.75 Å². The maximum Gasteiger partial charge on any atom is 0.389 e. The smallest absolute Gasteiger partial charge is 0.389 e. The van der Waals surface area contributed by atoms with Crippen molar-refractivity contribution >= 4 is 22.5 Å². The van der Waals surface area contributed by atoms with E-state index < -0.39 is 12.6 Å². The van der Waals surface area contributed by atoms with Crippen LogP contribution >= 0.6 is 11.6 Å². The van der Waals surface area contributed by atoms with E-state index in [4.69, 9.17) is 16.3 Å². The Balaban J connectivity index is 2.03. The van der Waals surface area contributed by atoms with Crippen LogP contribution in [-0.4, -0.2) is 17.8 Å². The monoisotopic (exact) mass is 319 g/mol. The lowest BCUT2D eigenvalue weighted by atomic mass is 10.2. The Morgan fingerprint density at radius 2 is 1.95 bits per heavy atom. The fourth-order valence-corrected chi connectivity index (χ4v) is 2.14. The first-order valence-corrected chi connectivity index (χ1v) is 6.75. The largest absolute Gasteiger partial charge is 0.493 e. The van der Waals surface area contributed by atoms with Crippen LogP contribution in [0.3, 0.4) is 0 Å². The van der Waals surface area contributed by atoms with Gasteiger partial charge in [-0.1, -0.05) is 11.6 Å². The van der Waals surface area contributed by atoms with Gasteiger partial charge in [-0.3, -0.25) is 4.79 Å². The molecule has 0 spiro atoms. The number of aromatic nitrogens is 1. The third-order valence-electron chi connectivity index (χ3n) is 2.88. The lowest BCUT2D eigenvalue weighted by Gasteiger charge is -2.10. The van der Waals surface area contributed by atoms with Crippen molar-refractivity contribution in [3.05, 3.63) is 39.6 Å². The summed E-state index contributed by atoms with van der Waals surface area (Å²) in [5.41, 5.74) is 0.265. The molecule has 0 aliphatic rings. The van der Waals surface area contributed by atoms with E-state index in [2.05, 4.69) is 4.98 Å². The highest BCUT2D eigenvalue weighted by atomic mass is 35.5. The average molecular weight is 320 g/mol. The fourth-order valence-electron chi connectivity index (χ4n) is 1.93. The van der Waals surface area contributed by atoms with E-state index in [1.165, 1.54) is 6.07 Å². The van der Waals surface area contributed by atoms with Crippen LogP contribution in [0.25, 0.3) is 10.9 Å². The number of fused-ring (bicyclic) bond motifs is 1. The molecule has 0 bridgehead atoms. The van der Waals surface area contributed by atoms with Crippen LogP contribution in [0, 0.1) is 0 Å². The minimum absolute atomic E-state index is 0.0127. The molecule has 2 aromatic rings. The van der Waals surface area contributed by atoms with Crippen LogP contribution in [0.2, 0.25) is 5.02 Å². The Labute approximate surface area is 123 Å². The average Bonchev–Trinajstić information content (AvgIpc) is 2.35. The molecular weight excluding hydrogens is 307 g/mol. The molecule has 0 saturated heterocycles. The number of rotatable bonds is 5. The zero-order valence-electron chi connectivity index (χ0n) is 11.0. The molecule has 1 aromatic heterocycles. The second-order valence-corrected chi connectivity index (χ2v) is 5.04. The number of H-pyrrole nitrogens is 1. The van der Waals surface area contributed by atoms with E-state index in [0.717, 1.165) is 0 Å². The van der Waals surface area contributed by atoms with Gasteiger partial charge in [-0.25, -0.2) is 0 Å². The number of hydrogen-bond donors (Lipinski definition) is 1. The lowest BCUT2D eigenvalue weighted by molar-refractivity contribution is -0.135. The first kappa shape index (κ1) is 15.7. The summed E-state index contributed by atoms with van der Waals surface area (Å²) in [6, 6.07) is 6.11. The Hall–Kier alpha value is -1.69. The van der Waals surface area contributed by atoms with Gasteiger partial charge in [-0.05, 0) is 31.0 Å². The maximum atomic E-state index is 12.0. The second-order valence-electron chi connectivity index (χ2n) is 4.61. The molecule has 1 N–H and O–H groups in total. The lowest BCUT2D eigenvalue weighted by Crippen LogP contribution is -2.08. The number of halogens is 4. The highest BCUT2D eigenvalue weighted by Crippen LogP contribution is 2.28. The predicted octanol–water partition coefficient (Wildman–Crippen LogP) is 4.29. The summed E-state index contributed by atoms with van der Waals surface area (Å²) in [6.45, 7) is 0.157. The van der Waals surface area contributed by atoms with Gasteiger partial charge in [0, 0.05) is 22.9 Å². The summed E-state index contributed by atoms with van der Waals surface area (Å²) in [5, 5.41) is 1.05. The number of pyridine rings is 1. The third-order valence-corrected chi connectivity index (χ3v) is 3.10. The minimum Gasteiger partial charge on any atom is -0.493 e. The fraction of sp³-hybridized carbons (Fsp3) is 0.357. The molecule has 2 rings (SSSR count). The third kappa shape index (κ3) is 4.67. The van der Waals surface area contributed by atoms with Crippen molar-refractivity contribution in [3.63, 3.8) is 0 Å². The second kappa shape index (κ2) is 6.39. The molecule has 0 aliphatic heterocycles. The van der Waals surface area contributed by atoms with Crippen molar-refractivity contribution in [1.29, 1.82) is 0 Å². The van der Waals surface area contributed by atoms with Crippen LogP contribution in [0.4, 0.5) is 13.2 Å². The Morgan fingerprint density at radius 1 is 1.19 bits per heavy atom. The molecule has 0 unspecified atom stereocenters. The van der Waals surface area contributed by atoms with E-state index in [-0.39, 0.29) is 25.0 Å². The number of benzene rings is 1. The molecule has 0 aliphatic carbocycles. The van der Waals surface area contributed by atoms with Gasteiger partial charge in [0.05, 0.1) is 12.1 Å². The molecule has 7 heteroatoms. The van der Waals surface area contributed by atoms with Crippen molar-refractivity contribution < 1.29 is 17.9 Å². The number of unbranched alkanes of at least 4 members (excludes halogenated alkanes) is 1. The normalized spacial score (nSPS) is 11.8. The van der Waals surface area contributed by atoms with E-state index in [9.17, 15) is 18.0 Å². The number of ether oxygens (including phenoxy) is 1. The molecule has 0 fully saturated rings. The van der Waals surface area contributed by atoms with Gasteiger partial charge in [0.2, 0.25) is 5.56 Å². The van der Waals surface area contributed by atoms with Crippen LogP contribution in [0.5, 0.6) is 5.75 Å². The van der Waals surface area contributed by atoms with E-state index >= 15 is 0 Å². The summed E-state index contributed by atoms with van der Waals surface area (Å²) < 4.78 is 41.5. The number of alkyl halides is 3. The molecule has 0 saturated carbocycles. The summed E-state index contributed by atoms with van der Waals surface area (Å²) in [7, 11) is 0. The van der Waals surface area contributed by atoms with Gasteiger partial charge in [0.1, 0.15) is 5.75 Å². The molecule has 114 valence electrons. The molecule has 0 amide bonds. The van der Waals surface area contributed by atoms with E-state index in [0.29, 0.717) is 21.7 Å². The zero-order valence-corrected chi connectivity index (χ0v) is 11.7. The van der Waals surface area contributed by atoms with Gasteiger partial charge >= 0.3 is 6.18 Å². The van der Waals surface area contributed by atoms with Gasteiger partial charge < -0.3 is 9.72 Å². The Morgan fingerprint density at radius 3 is 2.67 bits per heavy atom. The summed E-state index contributed by atoms with van der Waals surface area (Å²) in [4.78, 5) is 13.9. The minimum atomic E-state index is -4.14. The molecule has 1 heterocycles. The molecule has 21 heavy (non-hydrogen) atoms. The van der Waals surface area contributed by atoms with Crippen molar-refractivity contribution in [2.24, 2.45) is 0 Å². The highest BCUT2D eigenvalue weighted by molar-refractivity contribution is 6.31. The first-order chi connectivity index (χ1) is 9.85. The van der Waals surface area contributed by atoms with Crippen LogP contribution in [-0.2, 0) is 0 Å². The van der Waals surface area contributed by atoms with Crippen LogP contribution < -0.4 is 10.3 Å². The molecule has 0 radical (unpaired) electrons. The van der Waals surface area contributed by atoms with Gasteiger partial charge in [0.15, 0.2) is 0 Å². The van der Waals surface area contributed by atoms with Gasteiger partial charge in [0.25, 0.3) is 0 Å². The standard InChI is InChI=1S/C14H13ClF3NO2/c15-9-7-11-10(3-4-13(20)19-11)12(8-9)21-6-2-1-5-14(16,17)18/h3-4,7-8H,1-2,5-6H2,(H,19,20). The van der Waals surface area contributed by atoms with Crippen molar-refractivity contribution in [1.82, 2.24) is 4.98 Å². The first-order valence-electron chi connectivity index (χ1n) is 6.37. The molecule has 0 atom stereocenters. The zero-order chi connectivity index (χ0) is 15.5. The van der Waals surface area contributed by atoms with Crippen molar-refractivity contribution in [2.45, 2.75) is 25.4 Å². The molecular formula is C14H13ClF3NO2. The Bertz CT molecular complexity index is 682. The summed E-state index contributed by atoms with van der Waals surface area (Å²) >= 11 is 5.93. The highest BCUT2D eigenvalue weighted by Gasteiger charge is 2.25. The SMILES string of the molecule is O=c1ccc2c(OCCCCC(F)(F)F)cc(Cl)cc2[nH]1. The number of aromatic amines is 1. The Kier molecular flexibility index (Phi) is 4.77. The van der Waals surface area contributed by atoms with Crippen LogP contribution in [0.1, 0.15) is 19.3 Å². The number of nitrogens with one attached hydrogen (secondary N) is 1. The molecule has 3 nitrogen and oxygen atoms in total. The summed E-state index contributed by atoms with van der Waals surface area (Å²) in [5.74, 6) is 0.445. The summed E-state index contributed by atoms with van der Waals surface area (Å²) in [6.07, 6.45) is -4.65. The van der Waals surface area contributed by atoms with Crippen molar-refractivity contribution in [2.75, 3.05) is 6.61 Å². The molecule has 1 aromatic carbocycles. The topological polar surface area (TPSA) is 42.1 Å².